The first-order valence-corrected chi connectivity index (χ1v) is 7.00. The number of nitrogens with one attached hydrogen (secondary N) is 1. The second kappa shape index (κ2) is 7.21. The number of nitrogens with two attached hydrogens (primary N) is 1. The molecule has 1 unspecified atom stereocenters. The summed E-state index contributed by atoms with van der Waals surface area (Å²) >= 11 is 0. The predicted octanol–water partition coefficient (Wildman–Crippen LogP) is 0.590. The van der Waals surface area contributed by atoms with E-state index in [9.17, 15) is 4.79 Å². The van der Waals surface area contributed by atoms with Gasteiger partial charge in [-0.3, -0.25) is 9.69 Å². The van der Waals surface area contributed by atoms with Crippen molar-refractivity contribution in [1.82, 2.24) is 9.88 Å². The number of amides is 1. The third-order valence-corrected chi connectivity index (χ3v) is 3.33. The molecule has 6 nitrogen and oxygen atoms in total. The topological polar surface area (TPSA) is 80.5 Å². The Kier molecular flexibility index (Phi) is 5.31. The van der Waals surface area contributed by atoms with E-state index in [1.165, 1.54) is 0 Å². The molecule has 1 aromatic heterocycles. The van der Waals surface area contributed by atoms with Crippen molar-refractivity contribution < 1.29 is 9.53 Å². The Morgan fingerprint density at radius 1 is 1.60 bits per heavy atom. The van der Waals surface area contributed by atoms with Gasteiger partial charge in [0.2, 0.25) is 5.91 Å². The summed E-state index contributed by atoms with van der Waals surface area (Å²) in [6, 6.07) is 3.64. The van der Waals surface area contributed by atoms with Gasteiger partial charge in [0.1, 0.15) is 11.9 Å². The molecule has 0 radical (unpaired) electrons. The Balaban J connectivity index is 1.96. The van der Waals surface area contributed by atoms with Crippen molar-refractivity contribution in [3.63, 3.8) is 0 Å². The Morgan fingerprint density at radius 2 is 2.45 bits per heavy atom. The monoisotopic (exact) mass is 278 g/mol. The zero-order chi connectivity index (χ0) is 14.4. The molecule has 3 N–H and O–H groups in total. The van der Waals surface area contributed by atoms with Gasteiger partial charge in [0.25, 0.3) is 0 Å². The lowest BCUT2D eigenvalue weighted by Crippen LogP contribution is -2.51. The predicted molar refractivity (Wildman–Crippen MR) is 77.2 cm³/mol. The molecule has 1 aliphatic rings. The lowest BCUT2D eigenvalue weighted by atomic mass is 10.1. The molecule has 0 saturated carbocycles. The zero-order valence-electron chi connectivity index (χ0n) is 11.8. The summed E-state index contributed by atoms with van der Waals surface area (Å²) in [7, 11) is 0. The van der Waals surface area contributed by atoms with Gasteiger partial charge < -0.3 is 15.8 Å². The van der Waals surface area contributed by atoms with Crippen LogP contribution in [-0.4, -0.2) is 48.1 Å². The molecule has 1 saturated heterocycles. The number of morpholine rings is 1. The summed E-state index contributed by atoms with van der Waals surface area (Å²) in [4.78, 5) is 17.8. The van der Waals surface area contributed by atoms with Crippen LogP contribution in [-0.2, 0) is 16.1 Å². The van der Waals surface area contributed by atoms with E-state index in [4.69, 9.17) is 10.5 Å². The van der Waals surface area contributed by atoms with E-state index in [1.54, 1.807) is 0 Å². The first-order valence-electron chi connectivity index (χ1n) is 7.00. The number of hydrogen-bond acceptors (Lipinski definition) is 5. The molecule has 0 aliphatic carbocycles. The second-order valence-electron chi connectivity index (χ2n) is 4.94. The molecular formula is C14H22N4O2. The molecule has 2 heterocycles. The Bertz CT molecular complexity index is 435. The van der Waals surface area contributed by atoms with E-state index in [1.807, 2.05) is 23.2 Å². The normalized spacial score (nSPS) is 19.8. The van der Waals surface area contributed by atoms with Crippen LogP contribution < -0.4 is 11.1 Å². The fourth-order valence-corrected chi connectivity index (χ4v) is 2.20. The van der Waals surface area contributed by atoms with Gasteiger partial charge in [-0.25, -0.2) is 4.98 Å². The van der Waals surface area contributed by atoms with Crippen LogP contribution in [0.2, 0.25) is 0 Å². The van der Waals surface area contributed by atoms with Gasteiger partial charge >= 0.3 is 0 Å². The first-order chi connectivity index (χ1) is 9.70. The standard InChI is InChI=1S/C14H22N4O2/c1-2-5-16-13-4-3-11(8-17-13)9-18-6-7-20-10-12(18)14(15)19/h3-4,8,12H,2,5-7,9-10H2,1H3,(H2,15,19)(H,16,17). The Morgan fingerprint density at radius 3 is 3.10 bits per heavy atom. The fraction of sp³-hybridized carbons (Fsp3) is 0.571. The van der Waals surface area contributed by atoms with Gasteiger partial charge in [0, 0.05) is 25.8 Å². The summed E-state index contributed by atoms with van der Waals surface area (Å²) in [6.07, 6.45) is 2.91. The minimum atomic E-state index is -0.346. The molecule has 20 heavy (non-hydrogen) atoms. The molecule has 0 bridgehead atoms. The fourth-order valence-electron chi connectivity index (χ4n) is 2.20. The number of aromatic nitrogens is 1. The maximum atomic E-state index is 11.4. The summed E-state index contributed by atoms with van der Waals surface area (Å²) in [5.74, 6) is 0.544. The van der Waals surface area contributed by atoms with Crippen molar-refractivity contribution >= 4 is 11.7 Å². The van der Waals surface area contributed by atoms with Crippen molar-refractivity contribution in [2.75, 3.05) is 31.6 Å². The summed E-state index contributed by atoms with van der Waals surface area (Å²) in [5.41, 5.74) is 6.47. The number of ether oxygens (including phenoxy) is 1. The van der Waals surface area contributed by atoms with Gasteiger partial charge in [-0.15, -0.1) is 0 Å². The summed E-state index contributed by atoms with van der Waals surface area (Å²) in [6.45, 7) is 5.41. The van der Waals surface area contributed by atoms with Crippen LogP contribution in [0.4, 0.5) is 5.82 Å². The highest BCUT2D eigenvalue weighted by Crippen LogP contribution is 2.13. The Hall–Kier alpha value is -1.66. The molecule has 1 fully saturated rings. The van der Waals surface area contributed by atoms with Crippen molar-refractivity contribution in [3.05, 3.63) is 23.9 Å². The number of anilines is 1. The van der Waals surface area contributed by atoms with Crippen LogP contribution in [0.5, 0.6) is 0 Å². The molecule has 6 heteroatoms. The summed E-state index contributed by atoms with van der Waals surface area (Å²) < 4.78 is 5.31. The van der Waals surface area contributed by atoms with Crippen LogP contribution in [0.25, 0.3) is 0 Å². The number of primary amides is 1. The van der Waals surface area contributed by atoms with E-state index >= 15 is 0 Å². The van der Waals surface area contributed by atoms with Crippen molar-refractivity contribution in [1.29, 1.82) is 0 Å². The van der Waals surface area contributed by atoms with E-state index < -0.39 is 0 Å². The maximum absolute atomic E-state index is 11.4. The molecule has 1 amide bonds. The van der Waals surface area contributed by atoms with Gasteiger partial charge in [-0.1, -0.05) is 13.0 Å². The third-order valence-electron chi connectivity index (χ3n) is 3.33. The SMILES string of the molecule is CCCNc1ccc(CN2CCOCC2C(N)=O)cn1. The van der Waals surface area contributed by atoms with Crippen LogP contribution >= 0.6 is 0 Å². The van der Waals surface area contributed by atoms with E-state index in [2.05, 4.69) is 17.2 Å². The number of nitrogens with zero attached hydrogens (tertiary/aromatic N) is 2. The largest absolute Gasteiger partial charge is 0.378 e. The average Bonchev–Trinajstić information content (AvgIpc) is 2.47. The molecule has 1 aromatic rings. The van der Waals surface area contributed by atoms with Gasteiger partial charge in [-0.2, -0.15) is 0 Å². The van der Waals surface area contributed by atoms with Gasteiger partial charge in [-0.05, 0) is 18.1 Å². The highest BCUT2D eigenvalue weighted by molar-refractivity contribution is 5.80. The van der Waals surface area contributed by atoms with Gasteiger partial charge in [0.05, 0.1) is 13.2 Å². The first kappa shape index (κ1) is 14.7. The van der Waals surface area contributed by atoms with Crippen LogP contribution in [0.15, 0.2) is 18.3 Å². The lowest BCUT2D eigenvalue weighted by Gasteiger charge is -2.33. The quantitative estimate of drug-likeness (QED) is 0.796. The molecule has 2 rings (SSSR count). The molecular weight excluding hydrogens is 256 g/mol. The highest BCUT2D eigenvalue weighted by atomic mass is 16.5. The van der Waals surface area contributed by atoms with Crippen molar-refractivity contribution in [3.8, 4) is 0 Å². The minimum Gasteiger partial charge on any atom is -0.378 e. The number of carbonyl (C=O) groups excluding carboxylic acids is 1. The highest BCUT2D eigenvalue weighted by Gasteiger charge is 2.27. The van der Waals surface area contributed by atoms with Crippen LogP contribution in [0, 0.1) is 0 Å². The number of carbonyl (C=O) groups is 1. The smallest absolute Gasteiger partial charge is 0.237 e. The van der Waals surface area contributed by atoms with E-state index in [-0.39, 0.29) is 11.9 Å². The Labute approximate surface area is 119 Å². The van der Waals surface area contributed by atoms with Crippen molar-refractivity contribution in [2.45, 2.75) is 25.9 Å². The second-order valence-corrected chi connectivity index (χ2v) is 4.94. The van der Waals surface area contributed by atoms with E-state index in [0.29, 0.717) is 26.3 Å². The molecule has 110 valence electrons. The van der Waals surface area contributed by atoms with Crippen molar-refractivity contribution in [2.24, 2.45) is 5.73 Å². The molecule has 1 atom stereocenters. The number of rotatable bonds is 6. The minimum absolute atomic E-state index is 0.334. The molecule has 0 spiro atoms. The van der Waals surface area contributed by atoms with Crippen LogP contribution in [0.1, 0.15) is 18.9 Å². The van der Waals surface area contributed by atoms with E-state index in [0.717, 1.165) is 24.3 Å². The van der Waals surface area contributed by atoms with Gasteiger partial charge in [0.15, 0.2) is 0 Å². The average molecular weight is 278 g/mol. The maximum Gasteiger partial charge on any atom is 0.237 e. The third kappa shape index (κ3) is 3.91. The van der Waals surface area contributed by atoms with Crippen LogP contribution in [0.3, 0.4) is 0 Å². The number of pyridine rings is 1. The zero-order valence-corrected chi connectivity index (χ0v) is 11.8. The number of hydrogen-bond donors (Lipinski definition) is 2. The molecule has 0 aromatic carbocycles. The lowest BCUT2D eigenvalue weighted by molar-refractivity contribution is -0.129. The summed E-state index contributed by atoms with van der Waals surface area (Å²) in [5, 5.41) is 3.23. The molecule has 1 aliphatic heterocycles.